The quantitative estimate of drug-likeness (QED) is 0.926. The van der Waals surface area contributed by atoms with Crippen molar-refractivity contribution in [1.82, 2.24) is 4.90 Å². The number of anilines is 1. The minimum atomic E-state index is -0.303. The average molecular weight is 325 g/mol. The number of likely N-dealkylation sites (tertiary alicyclic amines) is 1. The van der Waals surface area contributed by atoms with Gasteiger partial charge in [0.2, 0.25) is 5.91 Å². The Morgan fingerprint density at radius 2 is 2.05 bits per heavy atom. The number of ether oxygens (including phenoxy) is 1. The SMILES string of the molecule is CCOC(=O)N1CCC(C(=O)Nc2ccc(C)cc2Cl)CC1. The number of amides is 2. The highest BCUT2D eigenvalue weighted by molar-refractivity contribution is 6.33. The van der Waals surface area contributed by atoms with E-state index in [0.717, 1.165) is 5.56 Å². The van der Waals surface area contributed by atoms with E-state index in [0.29, 0.717) is 43.2 Å². The Hall–Kier alpha value is -1.75. The molecule has 0 spiro atoms. The zero-order chi connectivity index (χ0) is 16.1. The van der Waals surface area contributed by atoms with Crippen LogP contribution < -0.4 is 5.32 Å². The first-order valence-electron chi connectivity index (χ1n) is 7.50. The van der Waals surface area contributed by atoms with Gasteiger partial charge < -0.3 is 15.0 Å². The molecule has 1 saturated heterocycles. The highest BCUT2D eigenvalue weighted by Gasteiger charge is 2.28. The van der Waals surface area contributed by atoms with Crippen molar-refractivity contribution >= 4 is 29.3 Å². The predicted octanol–water partition coefficient (Wildman–Crippen LogP) is 3.46. The second-order valence-electron chi connectivity index (χ2n) is 5.43. The fourth-order valence-electron chi connectivity index (χ4n) is 2.50. The van der Waals surface area contributed by atoms with Gasteiger partial charge in [-0.15, -0.1) is 0 Å². The number of benzene rings is 1. The molecular weight excluding hydrogens is 304 g/mol. The van der Waals surface area contributed by atoms with E-state index in [1.165, 1.54) is 0 Å². The van der Waals surface area contributed by atoms with Crippen LogP contribution in [0.3, 0.4) is 0 Å². The fourth-order valence-corrected chi connectivity index (χ4v) is 2.78. The van der Waals surface area contributed by atoms with Crippen molar-refractivity contribution in [1.29, 1.82) is 0 Å². The van der Waals surface area contributed by atoms with Crippen molar-refractivity contribution in [2.45, 2.75) is 26.7 Å². The van der Waals surface area contributed by atoms with Crippen LogP contribution in [0.4, 0.5) is 10.5 Å². The van der Waals surface area contributed by atoms with Crippen molar-refractivity contribution in [3.8, 4) is 0 Å². The molecule has 2 amide bonds. The van der Waals surface area contributed by atoms with Gasteiger partial charge in [0, 0.05) is 19.0 Å². The molecule has 2 rings (SSSR count). The highest BCUT2D eigenvalue weighted by atomic mass is 35.5. The summed E-state index contributed by atoms with van der Waals surface area (Å²) in [7, 11) is 0. The topological polar surface area (TPSA) is 58.6 Å². The molecule has 6 heteroatoms. The number of hydrogen-bond donors (Lipinski definition) is 1. The minimum Gasteiger partial charge on any atom is -0.450 e. The molecule has 1 fully saturated rings. The van der Waals surface area contributed by atoms with E-state index in [9.17, 15) is 9.59 Å². The number of halogens is 1. The van der Waals surface area contributed by atoms with Crippen LogP contribution in [0.1, 0.15) is 25.3 Å². The molecule has 0 bridgehead atoms. The largest absolute Gasteiger partial charge is 0.450 e. The second-order valence-corrected chi connectivity index (χ2v) is 5.84. The molecule has 5 nitrogen and oxygen atoms in total. The summed E-state index contributed by atoms with van der Waals surface area (Å²) in [6, 6.07) is 5.54. The Labute approximate surface area is 135 Å². The van der Waals surface area contributed by atoms with Crippen LogP contribution in [0.15, 0.2) is 18.2 Å². The van der Waals surface area contributed by atoms with E-state index in [-0.39, 0.29) is 17.9 Å². The smallest absolute Gasteiger partial charge is 0.409 e. The lowest BCUT2D eigenvalue weighted by Crippen LogP contribution is -2.41. The molecule has 1 aromatic carbocycles. The number of carbonyl (C=O) groups excluding carboxylic acids is 2. The predicted molar refractivity (Wildman–Crippen MR) is 86.1 cm³/mol. The van der Waals surface area contributed by atoms with Crippen molar-refractivity contribution in [2.75, 3.05) is 25.0 Å². The molecule has 1 aliphatic heterocycles. The van der Waals surface area contributed by atoms with Gasteiger partial charge in [0.05, 0.1) is 17.3 Å². The number of hydrogen-bond acceptors (Lipinski definition) is 3. The van der Waals surface area contributed by atoms with E-state index in [1.807, 2.05) is 25.1 Å². The van der Waals surface area contributed by atoms with Gasteiger partial charge in [0.1, 0.15) is 0 Å². The van der Waals surface area contributed by atoms with Gasteiger partial charge >= 0.3 is 6.09 Å². The zero-order valence-electron chi connectivity index (χ0n) is 12.9. The summed E-state index contributed by atoms with van der Waals surface area (Å²) in [6.45, 7) is 5.17. The van der Waals surface area contributed by atoms with E-state index in [4.69, 9.17) is 16.3 Å². The van der Waals surface area contributed by atoms with Crippen LogP contribution in [0.25, 0.3) is 0 Å². The average Bonchev–Trinajstić information content (AvgIpc) is 2.50. The first kappa shape index (κ1) is 16.6. The lowest BCUT2D eigenvalue weighted by molar-refractivity contribution is -0.121. The molecule has 1 aromatic rings. The van der Waals surface area contributed by atoms with Crippen LogP contribution in [0.2, 0.25) is 5.02 Å². The maximum atomic E-state index is 12.3. The van der Waals surface area contributed by atoms with E-state index in [1.54, 1.807) is 11.8 Å². The number of piperidine rings is 1. The summed E-state index contributed by atoms with van der Waals surface area (Å²) < 4.78 is 4.97. The van der Waals surface area contributed by atoms with Crippen LogP contribution in [-0.2, 0) is 9.53 Å². The summed E-state index contributed by atoms with van der Waals surface area (Å²) in [5, 5.41) is 3.41. The summed E-state index contributed by atoms with van der Waals surface area (Å²) in [5.41, 5.74) is 1.68. The normalized spacial score (nSPS) is 15.5. The molecule has 0 radical (unpaired) electrons. The summed E-state index contributed by atoms with van der Waals surface area (Å²) >= 11 is 6.13. The second kappa shape index (κ2) is 7.49. The number of aryl methyl sites for hydroxylation is 1. The standard InChI is InChI=1S/C16H21ClN2O3/c1-3-22-16(21)19-8-6-12(7-9-19)15(20)18-14-5-4-11(2)10-13(14)17/h4-5,10,12H,3,6-9H2,1-2H3,(H,18,20). The Morgan fingerprint density at radius 1 is 1.36 bits per heavy atom. The van der Waals surface area contributed by atoms with E-state index < -0.39 is 0 Å². The molecular formula is C16H21ClN2O3. The zero-order valence-corrected chi connectivity index (χ0v) is 13.7. The first-order valence-corrected chi connectivity index (χ1v) is 7.87. The van der Waals surface area contributed by atoms with Crippen LogP contribution in [0.5, 0.6) is 0 Å². The highest BCUT2D eigenvalue weighted by Crippen LogP contribution is 2.25. The van der Waals surface area contributed by atoms with Crippen LogP contribution in [0, 0.1) is 12.8 Å². The minimum absolute atomic E-state index is 0.0470. The number of rotatable bonds is 3. The lowest BCUT2D eigenvalue weighted by Gasteiger charge is -2.30. The summed E-state index contributed by atoms with van der Waals surface area (Å²) in [5.74, 6) is -0.155. The molecule has 22 heavy (non-hydrogen) atoms. The fraction of sp³-hybridized carbons (Fsp3) is 0.500. The van der Waals surface area contributed by atoms with Gasteiger partial charge in [-0.2, -0.15) is 0 Å². The number of nitrogens with one attached hydrogen (secondary N) is 1. The molecule has 120 valence electrons. The Morgan fingerprint density at radius 3 is 2.64 bits per heavy atom. The Bertz CT molecular complexity index is 554. The number of carbonyl (C=O) groups is 2. The van der Waals surface area contributed by atoms with Gasteiger partial charge in [-0.25, -0.2) is 4.79 Å². The molecule has 0 unspecified atom stereocenters. The molecule has 0 atom stereocenters. The Balaban J connectivity index is 1.88. The van der Waals surface area contributed by atoms with Crippen LogP contribution in [-0.4, -0.2) is 36.6 Å². The van der Waals surface area contributed by atoms with Gasteiger partial charge in [0.15, 0.2) is 0 Å². The number of nitrogens with zero attached hydrogens (tertiary/aromatic N) is 1. The third-order valence-corrected chi connectivity index (χ3v) is 4.09. The van der Waals surface area contributed by atoms with Crippen molar-refractivity contribution in [2.24, 2.45) is 5.92 Å². The lowest BCUT2D eigenvalue weighted by atomic mass is 9.96. The van der Waals surface area contributed by atoms with Gasteiger partial charge in [0.25, 0.3) is 0 Å². The Kier molecular flexibility index (Phi) is 5.66. The molecule has 0 aromatic heterocycles. The van der Waals surface area contributed by atoms with Crippen LogP contribution >= 0.6 is 11.6 Å². The third kappa shape index (κ3) is 4.13. The third-order valence-electron chi connectivity index (χ3n) is 3.77. The summed E-state index contributed by atoms with van der Waals surface area (Å²) in [6.07, 6.45) is 0.963. The van der Waals surface area contributed by atoms with Gasteiger partial charge in [-0.3, -0.25) is 4.79 Å². The van der Waals surface area contributed by atoms with Crippen molar-refractivity contribution in [3.63, 3.8) is 0 Å². The molecule has 1 N–H and O–H groups in total. The van der Waals surface area contributed by atoms with Crippen molar-refractivity contribution in [3.05, 3.63) is 28.8 Å². The first-order chi connectivity index (χ1) is 10.5. The molecule has 0 saturated carbocycles. The van der Waals surface area contributed by atoms with E-state index >= 15 is 0 Å². The van der Waals surface area contributed by atoms with Crippen molar-refractivity contribution < 1.29 is 14.3 Å². The maximum Gasteiger partial charge on any atom is 0.409 e. The molecule has 0 aliphatic carbocycles. The monoisotopic (exact) mass is 324 g/mol. The summed E-state index contributed by atoms with van der Waals surface area (Å²) in [4.78, 5) is 25.6. The van der Waals surface area contributed by atoms with Gasteiger partial charge in [-0.05, 0) is 44.4 Å². The maximum absolute atomic E-state index is 12.3. The van der Waals surface area contributed by atoms with Gasteiger partial charge in [-0.1, -0.05) is 17.7 Å². The molecule has 1 heterocycles. The van der Waals surface area contributed by atoms with E-state index in [2.05, 4.69) is 5.32 Å². The molecule has 1 aliphatic rings.